The summed E-state index contributed by atoms with van der Waals surface area (Å²) >= 11 is 0. The Balaban J connectivity index is 1.96. The highest BCUT2D eigenvalue weighted by molar-refractivity contribution is 5.79. The van der Waals surface area contributed by atoms with Gasteiger partial charge in [-0.3, -0.25) is 4.79 Å². The molecule has 0 aliphatic carbocycles. The van der Waals surface area contributed by atoms with Crippen molar-refractivity contribution in [2.24, 2.45) is 0 Å². The molecule has 1 heterocycles. The van der Waals surface area contributed by atoms with E-state index in [1.54, 1.807) is 0 Å². The molecule has 0 saturated carbocycles. The molecule has 1 aliphatic rings. The van der Waals surface area contributed by atoms with Crippen LogP contribution in [-0.4, -0.2) is 43.1 Å². The number of carbonyl (C=O) groups excluding carboxylic acids is 1. The summed E-state index contributed by atoms with van der Waals surface area (Å²) in [5.41, 5.74) is 1.01. The number of likely N-dealkylation sites (N-methyl/N-ethyl adjacent to an activating group) is 1. The Labute approximate surface area is 121 Å². The van der Waals surface area contributed by atoms with Crippen molar-refractivity contribution in [3.05, 3.63) is 29.8 Å². The van der Waals surface area contributed by atoms with E-state index in [9.17, 15) is 4.79 Å². The van der Waals surface area contributed by atoms with Gasteiger partial charge in [0.25, 0.3) is 0 Å². The summed E-state index contributed by atoms with van der Waals surface area (Å²) in [6.07, 6.45) is 1.62. The van der Waals surface area contributed by atoms with E-state index in [4.69, 9.17) is 4.74 Å². The Morgan fingerprint density at radius 3 is 2.95 bits per heavy atom. The molecular formula is C16H24N2O2. The molecule has 0 radical (unpaired) electrons. The summed E-state index contributed by atoms with van der Waals surface area (Å²) in [6.45, 7) is 5.90. The van der Waals surface area contributed by atoms with Gasteiger partial charge in [0.1, 0.15) is 5.75 Å². The second-order valence-corrected chi connectivity index (χ2v) is 5.64. The summed E-state index contributed by atoms with van der Waals surface area (Å²) in [7, 11) is 1.90. The van der Waals surface area contributed by atoms with Gasteiger partial charge in [0.05, 0.1) is 12.5 Å². The van der Waals surface area contributed by atoms with Gasteiger partial charge in [0.2, 0.25) is 5.91 Å². The van der Waals surface area contributed by atoms with Gasteiger partial charge in [-0.25, -0.2) is 0 Å². The number of nitrogens with zero attached hydrogens (tertiary/aromatic N) is 1. The van der Waals surface area contributed by atoms with Crippen LogP contribution in [0.4, 0.5) is 0 Å². The Morgan fingerprint density at radius 1 is 1.50 bits per heavy atom. The Hall–Kier alpha value is -1.55. The third-order valence-corrected chi connectivity index (χ3v) is 3.60. The second kappa shape index (κ2) is 6.75. The average Bonchev–Trinajstić information content (AvgIpc) is 2.91. The summed E-state index contributed by atoms with van der Waals surface area (Å²) in [5.74, 6) is 0.996. The molecule has 110 valence electrons. The van der Waals surface area contributed by atoms with Crippen LogP contribution in [0.5, 0.6) is 5.75 Å². The van der Waals surface area contributed by atoms with Crippen LogP contribution in [0.3, 0.4) is 0 Å². The number of hydrogen-bond donors (Lipinski definition) is 1. The molecule has 0 spiro atoms. The van der Waals surface area contributed by atoms with Gasteiger partial charge >= 0.3 is 0 Å². The fraction of sp³-hybridized carbons (Fsp3) is 0.562. The number of rotatable bonds is 5. The molecule has 1 fully saturated rings. The van der Waals surface area contributed by atoms with Gasteiger partial charge < -0.3 is 15.0 Å². The van der Waals surface area contributed by atoms with E-state index >= 15 is 0 Å². The molecule has 4 nitrogen and oxygen atoms in total. The molecule has 1 amide bonds. The number of carbonyl (C=O) groups is 1. The van der Waals surface area contributed by atoms with E-state index in [1.807, 2.05) is 50.1 Å². The van der Waals surface area contributed by atoms with Gasteiger partial charge in [-0.05, 0) is 44.5 Å². The fourth-order valence-corrected chi connectivity index (χ4v) is 2.47. The van der Waals surface area contributed by atoms with Crippen LogP contribution in [0.1, 0.15) is 25.8 Å². The van der Waals surface area contributed by atoms with Crippen molar-refractivity contribution < 1.29 is 9.53 Å². The molecule has 2 rings (SSSR count). The maximum absolute atomic E-state index is 12.3. The van der Waals surface area contributed by atoms with E-state index < -0.39 is 0 Å². The third-order valence-electron chi connectivity index (χ3n) is 3.60. The van der Waals surface area contributed by atoms with Crippen molar-refractivity contribution in [2.75, 3.05) is 20.1 Å². The van der Waals surface area contributed by atoms with Crippen LogP contribution >= 0.6 is 0 Å². The molecule has 1 aromatic rings. The highest BCUT2D eigenvalue weighted by atomic mass is 16.5. The summed E-state index contributed by atoms with van der Waals surface area (Å²) < 4.78 is 5.66. The fourth-order valence-electron chi connectivity index (χ4n) is 2.47. The first-order valence-electron chi connectivity index (χ1n) is 7.28. The van der Waals surface area contributed by atoms with Gasteiger partial charge in [-0.1, -0.05) is 12.1 Å². The lowest BCUT2D eigenvalue weighted by atomic mass is 10.1. The first-order chi connectivity index (χ1) is 9.56. The molecule has 1 saturated heterocycles. The van der Waals surface area contributed by atoms with E-state index in [0.717, 1.165) is 30.8 Å². The molecule has 1 aromatic carbocycles. The standard InChI is InChI=1S/C16H24N2O2/c1-12(2)20-15-6-4-5-13(9-15)10-16(19)18(3)14-7-8-17-11-14/h4-6,9,12,14,17H,7-8,10-11H2,1-3H3. The summed E-state index contributed by atoms with van der Waals surface area (Å²) in [4.78, 5) is 14.2. The molecule has 20 heavy (non-hydrogen) atoms. The van der Waals surface area contributed by atoms with Crippen LogP contribution in [-0.2, 0) is 11.2 Å². The van der Waals surface area contributed by atoms with Crippen LogP contribution < -0.4 is 10.1 Å². The topological polar surface area (TPSA) is 41.6 Å². The number of benzene rings is 1. The molecule has 0 bridgehead atoms. The zero-order valence-electron chi connectivity index (χ0n) is 12.6. The molecule has 1 atom stereocenters. The minimum atomic E-state index is 0.146. The lowest BCUT2D eigenvalue weighted by Crippen LogP contribution is -2.39. The third kappa shape index (κ3) is 3.97. The van der Waals surface area contributed by atoms with E-state index in [1.165, 1.54) is 0 Å². The highest BCUT2D eigenvalue weighted by Gasteiger charge is 2.23. The molecule has 1 aliphatic heterocycles. The maximum atomic E-state index is 12.3. The quantitative estimate of drug-likeness (QED) is 0.892. The number of ether oxygens (including phenoxy) is 1. The zero-order chi connectivity index (χ0) is 14.5. The molecular weight excluding hydrogens is 252 g/mol. The normalized spacial score (nSPS) is 18.3. The van der Waals surface area contributed by atoms with Gasteiger partial charge in [0, 0.05) is 19.6 Å². The van der Waals surface area contributed by atoms with Crippen molar-refractivity contribution in [1.29, 1.82) is 0 Å². The monoisotopic (exact) mass is 276 g/mol. The van der Waals surface area contributed by atoms with Crippen molar-refractivity contribution in [3.63, 3.8) is 0 Å². The van der Waals surface area contributed by atoms with Crippen molar-refractivity contribution in [2.45, 2.75) is 38.8 Å². The number of hydrogen-bond acceptors (Lipinski definition) is 3. The zero-order valence-corrected chi connectivity index (χ0v) is 12.6. The maximum Gasteiger partial charge on any atom is 0.227 e. The smallest absolute Gasteiger partial charge is 0.227 e. The molecule has 4 heteroatoms. The second-order valence-electron chi connectivity index (χ2n) is 5.64. The predicted molar refractivity (Wildman–Crippen MR) is 80.0 cm³/mol. The Kier molecular flexibility index (Phi) is 5.01. The van der Waals surface area contributed by atoms with E-state index in [2.05, 4.69) is 5.32 Å². The van der Waals surface area contributed by atoms with Crippen LogP contribution in [0.25, 0.3) is 0 Å². The van der Waals surface area contributed by atoms with Crippen LogP contribution in [0.15, 0.2) is 24.3 Å². The molecule has 1 N–H and O–H groups in total. The highest BCUT2D eigenvalue weighted by Crippen LogP contribution is 2.16. The van der Waals surface area contributed by atoms with Crippen molar-refractivity contribution >= 4 is 5.91 Å². The number of nitrogens with one attached hydrogen (secondary N) is 1. The lowest BCUT2D eigenvalue weighted by Gasteiger charge is -2.24. The lowest BCUT2D eigenvalue weighted by molar-refractivity contribution is -0.130. The largest absolute Gasteiger partial charge is 0.491 e. The summed E-state index contributed by atoms with van der Waals surface area (Å²) in [5, 5.41) is 3.29. The first kappa shape index (κ1) is 14.9. The predicted octanol–water partition coefficient (Wildman–Crippen LogP) is 1.84. The van der Waals surface area contributed by atoms with Gasteiger partial charge in [-0.2, -0.15) is 0 Å². The minimum absolute atomic E-state index is 0.146. The molecule has 0 aromatic heterocycles. The Morgan fingerprint density at radius 2 is 2.30 bits per heavy atom. The molecule has 1 unspecified atom stereocenters. The number of amides is 1. The Bertz CT molecular complexity index is 454. The SMILES string of the molecule is CC(C)Oc1cccc(CC(=O)N(C)C2CCNC2)c1. The van der Waals surface area contributed by atoms with Crippen molar-refractivity contribution in [1.82, 2.24) is 10.2 Å². The van der Waals surface area contributed by atoms with Gasteiger partial charge in [0.15, 0.2) is 0 Å². The first-order valence-corrected chi connectivity index (χ1v) is 7.28. The van der Waals surface area contributed by atoms with E-state index in [-0.39, 0.29) is 12.0 Å². The van der Waals surface area contributed by atoms with E-state index in [0.29, 0.717) is 12.5 Å². The summed E-state index contributed by atoms with van der Waals surface area (Å²) in [6, 6.07) is 8.14. The van der Waals surface area contributed by atoms with Crippen LogP contribution in [0, 0.1) is 0 Å². The minimum Gasteiger partial charge on any atom is -0.491 e. The van der Waals surface area contributed by atoms with Gasteiger partial charge in [-0.15, -0.1) is 0 Å². The average molecular weight is 276 g/mol. The van der Waals surface area contributed by atoms with Crippen LogP contribution in [0.2, 0.25) is 0 Å². The van der Waals surface area contributed by atoms with Crippen molar-refractivity contribution in [3.8, 4) is 5.75 Å².